The van der Waals surface area contributed by atoms with Gasteiger partial charge in [-0.2, -0.15) is 0 Å². The summed E-state index contributed by atoms with van der Waals surface area (Å²) in [5.74, 6) is 0.868. The minimum atomic E-state index is -0.355. The van der Waals surface area contributed by atoms with Gasteiger partial charge in [0.05, 0.1) is 21.3 Å². The van der Waals surface area contributed by atoms with Crippen molar-refractivity contribution in [3.8, 4) is 17.2 Å². The van der Waals surface area contributed by atoms with Crippen molar-refractivity contribution in [1.82, 2.24) is 10.2 Å². The van der Waals surface area contributed by atoms with Gasteiger partial charge in [0, 0.05) is 5.56 Å². The molecule has 2 N–H and O–H groups in total. The van der Waals surface area contributed by atoms with Crippen LogP contribution < -0.4 is 19.5 Å². The summed E-state index contributed by atoms with van der Waals surface area (Å²) in [5, 5.41) is 9.48. The van der Waals surface area contributed by atoms with Crippen LogP contribution in [0, 0.1) is 3.95 Å². The summed E-state index contributed by atoms with van der Waals surface area (Å²) in [6, 6.07) is 3.12. The first-order valence-corrected chi connectivity index (χ1v) is 6.98. The molecule has 112 valence electrons. The molecule has 0 aliphatic carbocycles. The highest BCUT2D eigenvalue weighted by Crippen LogP contribution is 2.38. The van der Waals surface area contributed by atoms with Crippen molar-refractivity contribution < 1.29 is 19.0 Å². The molecule has 0 radical (unpaired) electrons. The van der Waals surface area contributed by atoms with E-state index in [9.17, 15) is 4.79 Å². The molecule has 7 nitrogen and oxygen atoms in total. The van der Waals surface area contributed by atoms with Crippen molar-refractivity contribution >= 4 is 34.6 Å². The number of anilines is 1. The molecule has 0 bridgehead atoms. The maximum Gasteiger partial charge on any atom is 0.257 e. The molecule has 0 aliphatic heterocycles. The zero-order valence-electron chi connectivity index (χ0n) is 11.6. The first kappa shape index (κ1) is 15.3. The quantitative estimate of drug-likeness (QED) is 0.821. The number of hydrogen-bond acceptors (Lipinski definition) is 7. The summed E-state index contributed by atoms with van der Waals surface area (Å²) in [7, 11) is 4.47. The van der Waals surface area contributed by atoms with Gasteiger partial charge in [-0.25, -0.2) is 0 Å². The molecule has 1 amide bonds. The Kier molecular flexibility index (Phi) is 4.76. The lowest BCUT2D eigenvalue weighted by molar-refractivity contribution is 0.102. The molecule has 2 rings (SSSR count). The average Bonchev–Trinajstić information content (AvgIpc) is 2.90. The van der Waals surface area contributed by atoms with Crippen LogP contribution in [-0.4, -0.2) is 37.4 Å². The number of aromatic amines is 1. The van der Waals surface area contributed by atoms with E-state index >= 15 is 0 Å². The lowest BCUT2D eigenvalue weighted by atomic mass is 10.1. The Morgan fingerprint density at radius 1 is 1.24 bits per heavy atom. The van der Waals surface area contributed by atoms with Gasteiger partial charge in [0.2, 0.25) is 10.9 Å². The lowest BCUT2D eigenvalue weighted by Crippen LogP contribution is -2.12. The first-order valence-electron chi connectivity index (χ1n) is 5.76. The van der Waals surface area contributed by atoms with E-state index in [1.54, 1.807) is 12.1 Å². The fourth-order valence-electron chi connectivity index (χ4n) is 1.66. The Morgan fingerprint density at radius 3 is 2.29 bits per heavy atom. The zero-order chi connectivity index (χ0) is 15.4. The number of nitrogens with zero attached hydrogens (tertiary/aromatic N) is 1. The molecular weight excluding hydrogens is 314 g/mol. The average molecular weight is 327 g/mol. The second kappa shape index (κ2) is 6.55. The number of ether oxygens (including phenoxy) is 3. The summed E-state index contributed by atoms with van der Waals surface area (Å²) in [4.78, 5) is 12.2. The number of aromatic nitrogens is 2. The summed E-state index contributed by atoms with van der Waals surface area (Å²) < 4.78 is 16.1. The Balaban J connectivity index is 2.34. The van der Waals surface area contributed by atoms with Crippen LogP contribution in [0.5, 0.6) is 17.2 Å². The van der Waals surface area contributed by atoms with Crippen molar-refractivity contribution in [2.24, 2.45) is 0 Å². The maximum atomic E-state index is 12.2. The summed E-state index contributed by atoms with van der Waals surface area (Å²) in [5.41, 5.74) is 0.352. The fourth-order valence-corrected chi connectivity index (χ4v) is 2.45. The van der Waals surface area contributed by atoms with Crippen LogP contribution in [-0.2, 0) is 0 Å². The van der Waals surface area contributed by atoms with Gasteiger partial charge >= 0.3 is 0 Å². The van der Waals surface area contributed by atoms with Gasteiger partial charge in [-0.05, 0) is 24.4 Å². The number of benzene rings is 1. The number of hydrogen-bond donors (Lipinski definition) is 2. The van der Waals surface area contributed by atoms with E-state index in [0.717, 1.165) is 0 Å². The lowest BCUT2D eigenvalue weighted by Gasteiger charge is -2.13. The highest BCUT2D eigenvalue weighted by Gasteiger charge is 2.17. The SMILES string of the molecule is COc1cc(C(=O)Nc2n[nH]c(=S)s2)cc(OC)c1OC. The van der Waals surface area contributed by atoms with Crippen LogP contribution in [0.1, 0.15) is 10.4 Å². The predicted molar refractivity (Wildman–Crippen MR) is 81.3 cm³/mol. The first-order chi connectivity index (χ1) is 10.1. The third-order valence-corrected chi connectivity index (χ3v) is 3.59. The molecule has 0 saturated carbocycles. The molecule has 1 aromatic carbocycles. The molecule has 0 spiro atoms. The van der Waals surface area contributed by atoms with Crippen molar-refractivity contribution in [3.05, 3.63) is 21.7 Å². The zero-order valence-corrected chi connectivity index (χ0v) is 13.2. The molecule has 9 heteroatoms. The number of carbonyl (C=O) groups excluding carboxylic acids is 1. The second-order valence-electron chi connectivity index (χ2n) is 3.79. The second-order valence-corrected chi connectivity index (χ2v) is 5.45. The molecule has 0 unspecified atom stereocenters. The summed E-state index contributed by atoms with van der Waals surface area (Å²) in [6.45, 7) is 0. The predicted octanol–water partition coefficient (Wildman–Crippen LogP) is 2.48. The smallest absolute Gasteiger partial charge is 0.257 e. The Labute approximate surface area is 129 Å². The third kappa shape index (κ3) is 3.31. The van der Waals surface area contributed by atoms with E-state index in [4.69, 9.17) is 26.4 Å². The van der Waals surface area contributed by atoms with E-state index in [0.29, 0.717) is 31.9 Å². The van der Waals surface area contributed by atoms with Crippen LogP contribution in [0.2, 0.25) is 0 Å². The van der Waals surface area contributed by atoms with E-state index < -0.39 is 0 Å². The third-order valence-electron chi connectivity index (χ3n) is 2.59. The molecule has 21 heavy (non-hydrogen) atoms. The molecule has 1 aromatic heterocycles. The van der Waals surface area contributed by atoms with Gasteiger partial charge in [0.15, 0.2) is 15.5 Å². The van der Waals surface area contributed by atoms with E-state index in [-0.39, 0.29) is 5.91 Å². The summed E-state index contributed by atoms with van der Waals surface area (Å²) >= 11 is 6.07. The van der Waals surface area contributed by atoms with E-state index in [1.807, 2.05) is 0 Å². The molecule has 1 heterocycles. The van der Waals surface area contributed by atoms with Crippen LogP contribution in [0.15, 0.2) is 12.1 Å². The summed E-state index contributed by atoms with van der Waals surface area (Å²) in [6.07, 6.45) is 0. The number of nitrogens with one attached hydrogen (secondary N) is 2. The van der Waals surface area contributed by atoms with Gasteiger partial charge in [-0.1, -0.05) is 11.3 Å². The number of methoxy groups -OCH3 is 3. The normalized spacial score (nSPS) is 10.0. The van der Waals surface area contributed by atoms with Gasteiger partial charge in [-0.15, -0.1) is 5.10 Å². The number of amides is 1. The molecule has 0 fully saturated rings. The van der Waals surface area contributed by atoms with Crippen LogP contribution in [0.4, 0.5) is 5.13 Å². The van der Waals surface area contributed by atoms with Crippen molar-refractivity contribution in [1.29, 1.82) is 0 Å². The number of H-pyrrole nitrogens is 1. The van der Waals surface area contributed by atoms with Crippen molar-refractivity contribution in [2.75, 3.05) is 26.6 Å². The maximum absolute atomic E-state index is 12.2. The minimum absolute atomic E-state index is 0.352. The van der Waals surface area contributed by atoms with E-state index in [2.05, 4.69) is 15.5 Å². The van der Waals surface area contributed by atoms with Crippen LogP contribution in [0.3, 0.4) is 0 Å². The van der Waals surface area contributed by atoms with Gasteiger partial charge < -0.3 is 14.2 Å². The van der Waals surface area contributed by atoms with Crippen LogP contribution in [0.25, 0.3) is 0 Å². The highest BCUT2D eigenvalue weighted by atomic mass is 32.1. The number of carbonyl (C=O) groups is 1. The molecular formula is C12H13N3O4S2. The minimum Gasteiger partial charge on any atom is -0.493 e. The Hall–Kier alpha value is -2.13. The van der Waals surface area contributed by atoms with Crippen molar-refractivity contribution in [3.63, 3.8) is 0 Å². The van der Waals surface area contributed by atoms with Gasteiger partial charge in [0.25, 0.3) is 5.91 Å². The molecule has 2 aromatic rings. The van der Waals surface area contributed by atoms with Gasteiger partial charge in [-0.3, -0.25) is 15.2 Å². The highest BCUT2D eigenvalue weighted by molar-refractivity contribution is 7.73. The largest absolute Gasteiger partial charge is 0.493 e. The fraction of sp³-hybridized carbons (Fsp3) is 0.250. The number of rotatable bonds is 5. The van der Waals surface area contributed by atoms with Gasteiger partial charge in [0.1, 0.15) is 0 Å². The molecule has 0 atom stereocenters. The monoisotopic (exact) mass is 327 g/mol. The van der Waals surface area contributed by atoms with E-state index in [1.165, 1.54) is 32.7 Å². The Morgan fingerprint density at radius 2 is 1.86 bits per heavy atom. The topological polar surface area (TPSA) is 85.5 Å². The molecule has 0 saturated heterocycles. The standard InChI is InChI=1S/C12H13N3O4S2/c1-17-7-4-6(5-8(18-2)9(7)19-3)10(16)13-11-14-15-12(20)21-11/h4-5H,1-3H3,(H,15,20)(H,13,14,16). The van der Waals surface area contributed by atoms with Crippen molar-refractivity contribution in [2.45, 2.75) is 0 Å². The van der Waals surface area contributed by atoms with Crippen LogP contribution >= 0.6 is 23.6 Å². The Bertz CT molecular complexity index is 686. The molecule has 0 aliphatic rings.